The highest BCUT2D eigenvalue weighted by atomic mass is 35.5. The van der Waals surface area contributed by atoms with E-state index in [1.54, 1.807) is 37.5 Å². The molecule has 0 aliphatic heterocycles. The number of carbonyl (C=O) groups excluding carboxylic acids is 1. The summed E-state index contributed by atoms with van der Waals surface area (Å²) in [6.45, 7) is 3.90. The average Bonchev–Trinajstić information content (AvgIpc) is 3.11. The molecule has 8 heteroatoms. The van der Waals surface area contributed by atoms with Crippen LogP contribution < -0.4 is 15.4 Å². The molecule has 6 nitrogen and oxygen atoms in total. The minimum Gasteiger partial charge on any atom is -0.489 e. The van der Waals surface area contributed by atoms with Crippen LogP contribution in [0.5, 0.6) is 5.75 Å². The number of anilines is 2. The van der Waals surface area contributed by atoms with Crippen LogP contribution in [0.3, 0.4) is 0 Å². The Hall–Kier alpha value is -2.64. The van der Waals surface area contributed by atoms with Gasteiger partial charge in [-0.05, 0) is 44.2 Å². The number of thiazole rings is 1. The van der Waals surface area contributed by atoms with Crippen LogP contribution in [0.1, 0.15) is 24.2 Å². The van der Waals surface area contributed by atoms with Crippen molar-refractivity contribution in [1.82, 2.24) is 15.3 Å². The standard InChI is InChI=1S/C19H19ClN4O2S/c1-11(2)26-16-6-4-12(18(25)21-3)8-14(16)23-19-24-15(10-27-19)13-5-7-17(20)22-9-13/h4-11H,1-3H3,(H,21,25)(H,23,24). The molecule has 0 unspecified atom stereocenters. The van der Waals surface area contributed by atoms with Crippen molar-refractivity contribution in [1.29, 1.82) is 0 Å². The zero-order valence-corrected chi connectivity index (χ0v) is 16.7. The van der Waals surface area contributed by atoms with Crippen LogP contribution in [0.15, 0.2) is 41.9 Å². The van der Waals surface area contributed by atoms with Crippen LogP contribution in [-0.2, 0) is 0 Å². The van der Waals surface area contributed by atoms with Crippen molar-refractivity contribution in [3.8, 4) is 17.0 Å². The third-order valence-electron chi connectivity index (χ3n) is 3.60. The maximum Gasteiger partial charge on any atom is 0.251 e. The van der Waals surface area contributed by atoms with Gasteiger partial charge in [0.05, 0.1) is 17.5 Å². The zero-order chi connectivity index (χ0) is 19.4. The Bertz CT molecular complexity index is 941. The molecule has 0 spiro atoms. The van der Waals surface area contributed by atoms with Crippen LogP contribution in [0.4, 0.5) is 10.8 Å². The first-order valence-electron chi connectivity index (χ1n) is 8.33. The predicted molar refractivity (Wildman–Crippen MR) is 109 cm³/mol. The van der Waals surface area contributed by atoms with Crippen molar-refractivity contribution >= 4 is 39.7 Å². The van der Waals surface area contributed by atoms with E-state index in [1.807, 2.05) is 25.3 Å². The van der Waals surface area contributed by atoms with Crippen LogP contribution in [0.2, 0.25) is 5.15 Å². The van der Waals surface area contributed by atoms with E-state index in [0.29, 0.717) is 27.3 Å². The second-order valence-corrected chi connectivity index (χ2v) is 7.23. The summed E-state index contributed by atoms with van der Waals surface area (Å²) in [6, 6.07) is 8.86. The number of nitrogens with one attached hydrogen (secondary N) is 2. The SMILES string of the molecule is CNC(=O)c1ccc(OC(C)C)c(Nc2nc(-c3ccc(Cl)nc3)cs2)c1. The van der Waals surface area contributed by atoms with Gasteiger partial charge in [-0.1, -0.05) is 11.6 Å². The number of rotatable bonds is 6. The summed E-state index contributed by atoms with van der Waals surface area (Å²) in [5.41, 5.74) is 2.89. The normalized spacial score (nSPS) is 10.7. The Labute approximate surface area is 166 Å². The summed E-state index contributed by atoms with van der Waals surface area (Å²) in [5, 5.41) is 8.93. The minimum absolute atomic E-state index is 0.00315. The molecule has 2 N–H and O–H groups in total. The largest absolute Gasteiger partial charge is 0.489 e. The smallest absolute Gasteiger partial charge is 0.251 e. The fraction of sp³-hybridized carbons (Fsp3) is 0.211. The third kappa shape index (κ3) is 4.75. The zero-order valence-electron chi connectivity index (χ0n) is 15.1. The van der Waals surface area contributed by atoms with Crippen molar-refractivity contribution in [2.24, 2.45) is 0 Å². The van der Waals surface area contributed by atoms with E-state index in [9.17, 15) is 4.79 Å². The summed E-state index contributed by atoms with van der Waals surface area (Å²) in [7, 11) is 1.60. The summed E-state index contributed by atoms with van der Waals surface area (Å²) >= 11 is 7.29. The number of amides is 1. The molecule has 1 amide bonds. The highest BCUT2D eigenvalue weighted by Crippen LogP contribution is 2.33. The van der Waals surface area contributed by atoms with Crippen molar-refractivity contribution in [3.05, 3.63) is 52.6 Å². The van der Waals surface area contributed by atoms with Crippen molar-refractivity contribution in [2.45, 2.75) is 20.0 Å². The molecule has 3 aromatic rings. The highest BCUT2D eigenvalue weighted by molar-refractivity contribution is 7.14. The first-order chi connectivity index (χ1) is 13.0. The predicted octanol–water partition coefficient (Wildman–Crippen LogP) is 4.75. The molecular formula is C19H19ClN4O2S. The summed E-state index contributed by atoms with van der Waals surface area (Å²) in [5.74, 6) is 0.490. The highest BCUT2D eigenvalue weighted by Gasteiger charge is 2.13. The molecule has 0 aliphatic carbocycles. The van der Waals surface area contributed by atoms with Crippen LogP contribution in [0, 0.1) is 0 Å². The fourth-order valence-corrected chi connectivity index (χ4v) is 3.22. The Morgan fingerprint density at radius 1 is 1.26 bits per heavy atom. The molecule has 0 aliphatic rings. The van der Waals surface area contributed by atoms with E-state index in [2.05, 4.69) is 20.6 Å². The number of benzene rings is 1. The molecule has 1 aromatic carbocycles. The lowest BCUT2D eigenvalue weighted by molar-refractivity contribution is 0.0963. The quantitative estimate of drug-likeness (QED) is 0.582. The lowest BCUT2D eigenvalue weighted by atomic mass is 10.1. The van der Waals surface area contributed by atoms with E-state index in [4.69, 9.17) is 16.3 Å². The van der Waals surface area contributed by atoms with Crippen molar-refractivity contribution in [2.75, 3.05) is 12.4 Å². The molecule has 0 saturated carbocycles. The third-order valence-corrected chi connectivity index (χ3v) is 4.58. The Balaban J connectivity index is 1.89. The first kappa shape index (κ1) is 19.1. The monoisotopic (exact) mass is 402 g/mol. The van der Waals surface area contributed by atoms with Gasteiger partial charge in [0.15, 0.2) is 5.13 Å². The number of halogens is 1. The second kappa shape index (κ2) is 8.37. The number of pyridine rings is 1. The van der Waals surface area contributed by atoms with Gasteiger partial charge in [0.2, 0.25) is 0 Å². The van der Waals surface area contributed by atoms with E-state index in [0.717, 1.165) is 11.3 Å². The molecule has 2 heterocycles. The minimum atomic E-state index is -0.166. The molecule has 27 heavy (non-hydrogen) atoms. The van der Waals surface area contributed by atoms with E-state index < -0.39 is 0 Å². The number of hydrogen-bond donors (Lipinski definition) is 2. The maximum absolute atomic E-state index is 12.0. The van der Waals surface area contributed by atoms with Gasteiger partial charge < -0.3 is 15.4 Å². The van der Waals surface area contributed by atoms with E-state index in [1.165, 1.54) is 11.3 Å². The van der Waals surface area contributed by atoms with Crippen LogP contribution >= 0.6 is 22.9 Å². The molecule has 0 atom stereocenters. The van der Waals surface area contributed by atoms with Gasteiger partial charge in [-0.2, -0.15) is 0 Å². The maximum atomic E-state index is 12.0. The number of hydrogen-bond acceptors (Lipinski definition) is 6. The van der Waals surface area contributed by atoms with Crippen molar-refractivity contribution in [3.63, 3.8) is 0 Å². The Morgan fingerprint density at radius 3 is 2.74 bits per heavy atom. The summed E-state index contributed by atoms with van der Waals surface area (Å²) in [6.07, 6.45) is 1.68. The van der Waals surface area contributed by atoms with Crippen LogP contribution in [0.25, 0.3) is 11.3 Å². The fourth-order valence-electron chi connectivity index (χ4n) is 2.38. The number of aromatic nitrogens is 2. The second-order valence-electron chi connectivity index (χ2n) is 5.99. The van der Waals surface area contributed by atoms with E-state index >= 15 is 0 Å². The van der Waals surface area contributed by atoms with Gasteiger partial charge in [0.1, 0.15) is 10.9 Å². The molecule has 0 bridgehead atoms. The van der Waals surface area contributed by atoms with Gasteiger partial charge in [0.25, 0.3) is 5.91 Å². The van der Waals surface area contributed by atoms with Gasteiger partial charge >= 0.3 is 0 Å². The molecule has 0 radical (unpaired) electrons. The summed E-state index contributed by atoms with van der Waals surface area (Å²) in [4.78, 5) is 20.6. The lowest BCUT2D eigenvalue weighted by Gasteiger charge is -2.15. The Kier molecular flexibility index (Phi) is 5.93. The molecule has 2 aromatic heterocycles. The molecule has 140 valence electrons. The molecule has 0 fully saturated rings. The van der Waals surface area contributed by atoms with Gasteiger partial charge in [-0.25, -0.2) is 9.97 Å². The van der Waals surface area contributed by atoms with Gasteiger partial charge in [-0.15, -0.1) is 11.3 Å². The molecule has 0 saturated heterocycles. The molecular weight excluding hydrogens is 384 g/mol. The van der Waals surface area contributed by atoms with Gasteiger partial charge in [0, 0.05) is 29.8 Å². The first-order valence-corrected chi connectivity index (χ1v) is 9.59. The van der Waals surface area contributed by atoms with Crippen molar-refractivity contribution < 1.29 is 9.53 Å². The lowest BCUT2D eigenvalue weighted by Crippen LogP contribution is -2.18. The number of ether oxygens (including phenoxy) is 1. The van der Waals surface area contributed by atoms with Gasteiger partial charge in [-0.3, -0.25) is 4.79 Å². The van der Waals surface area contributed by atoms with Crippen LogP contribution in [-0.4, -0.2) is 29.0 Å². The van der Waals surface area contributed by atoms with E-state index in [-0.39, 0.29) is 12.0 Å². The molecule has 3 rings (SSSR count). The summed E-state index contributed by atoms with van der Waals surface area (Å²) < 4.78 is 5.85. The number of carbonyl (C=O) groups is 1. The topological polar surface area (TPSA) is 76.1 Å². The Morgan fingerprint density at radius 2 is 2.07 bits per heavy atom. The average molecular weight is 403 g/mol. The number of nitrogens with zero attached hydrogens (tertiary/aromatic N) is 2.